The second-order valence-electron chi connectivity index (χ2n) is 8.58. The molecule has 0 unspecified atom stereocenters. The molecule has 5 N–H and O–H groups in total. The van der Waals surface area contributed by atoms with Crippen LogP contribution in [-0.4, -0.2) is 38.3 Å². The molecule has 1 aromatic carbocycles. The first-order valence-electron chi connectivity index (χ1n) is 11.8. The second-order valence-corrected chi connectivity index (χ2v) is 8.58. The number of pyridine rings is 1. The van der Waals surface area contributed by atoms with Crippen LogP contribution in [0.25, 0.3) is 17.0 Å². The molecule has 2 aromatic heterocycles. The Bertz CT molecular complexity index is 1300. The molecule has 1 fully saturated rings. The van der Waals surface area contributed by atoms with E-state index in [-0.39, 0.29) is 24.8 Å². The van der Waals surface area contributed by atoms with Crippen molar-refractivity contribution in [3.63, 3.8) is 0 Å². The molecule has 0 saturated heterocycles. The van der Waals surface area contributed by atoms with E-state index in [2.05, 4.69) is 36.8 Å². The Labute approximate surface area is 209 Å². The van der Waals surface area contributed by atoms with Gasteiger partial charge < -0.3 is 20.8 Å². The van der Waals surface area contributed by atoms with Crippen LogP contribution in [-0.2, 0) is 12.1 Å². The van der Waals surface area contributed by atoms with Crippen LogP contribution in [0.4, 0.5) is 5.95 Å². The summed E-state index contributed by atoms with van der Waals surface area (Å²) in [4.78, 5) is 13.6. The Hall–Kier alpha value is -4.20. The van der Waals surface area contributed by atoms with Crippen molar-refractivity contribution >= 4 is 11.6 Å². The quantitative estimate of drug-likeness (QED) is 0.272. The number of aliphatic hydroxyl groups is 2. The molecular weight excluding hydrogens is 456 g/mol. The summed E-state index contributed by atoms with van der Waals surface area (Å²) in [6, 6.07) is 16.5. The number of benzene rings is 1. The molecule has 10 nitrogen and oxygen atoms in total. The number of nitrogens with one attached hydrogen (secondary N) is 3. The maximum absolute atomic E-state index is 10.8. The molecule has 10 heteroatoms. The normalized spacial score (nSPS) is 14.8. The van der Waals surface area contributed by atoms with Gasteiger partial charge in [-0.1, -0.05) is 31.0 Å². The highest BCUT2D eigenvalue weighted by molar-refractivity contribution is 5.69. The first kappa shape index (κ1) is 24.9. The van der Waals surface area contributed by atoms with E-state index < -0.39 is 5.60 Å². The largest absolute Gasteiger partial charge is 0.395 e. The molecule has 1 aliphatic rings. The van der Waals surface area contributed by atoms with Crippen LogP contribution < -0.4 is 10.6 Å². The third kappa shape index (κ3) is 5.89. The van der Waals surface area contributed by atoms with Gasteiger partial charge in [0.1, 0.15) is 11.3 Å². The lowest BCUT2D eigenvalue weighted by Crippen LogP contribution is -2.23. The summed E-state index contributed by atoms with van der Waals surface area (Å²) < 4.78 is 0. The zero-order valence-corrected chi connectivity index (χ0v) is 19.8. The van der Waals surface area contributed by atoms with Gasteiger partial charge in [0.15, 0.2) is 0 Å². The Morgan fingerprint density at radius 2 is 1.94 bits per heavy atom. The summed E-state index contributed by atoms with van der Waals surface area (Å²) in [5.74, 6) is 0.271. The van der Waals surface area contributed by atoms with Crippen molar-refractivity contribution < 1.29 is 10.2 Å². The van der Waals surface area contributed by atoms with Gasteiger partial charge in [-0.3, -0.25) is 4.98 Å². The van der Waals surface area contributed by atoms with Crippen LogP contribution in [0.3, 0.4) is 0 Å². The van der Waals surface area contributed by atoms with Crippen molar-refractivity contribution in [2.45, 2.75) is 37.8 Å². The minimum absolute atomic E-state index is 0.0961. The number of hydrogen-bond donors (Lipinski definition) is 5. The fourth-order valence-corrected chi connectivity index (χ4v) is 4.19. The summed E-state index contributed by atoms with van der Waals surface area (Å²) >= 11 is 0. The summed E-state index contributed by atoms with van der Waals surface area (Å²) in [5, 5.41) is 39.0. The van der Waals surface area contributed by atoms with Gasteiger partial charge >= 0.3 is 0 Å². The van der Waals surface area contributed by atoms with E-state index in [1.165, 1.54) is 0 Å². The molecule has 184 valence electrons. The highest BCUT2D eigenvalue weighted by Crippen LogP contribution is 2.37. The summed E-state index contributed by atoms with van der Waals surface area (Å²) in [6.45, 7) is 0.534. The van der Waals surface area contributed by atoms with Crippen molar-refractivity contribution in [1.82, 2.24) is 20.3 Å². The molecule has 0 bridgehead atoms. The molecule has 0 atom stereocenters. The van der Waals surface area contributed by atoms with Crippen LogP contribution >= 0.6 is 0 Å². The Balaban J connectivity index is 1.58. The molecule has 2 heterocycles. The van der Waals surface area contributed by atoms with E-state index >= 15 is 0 Å². The van der Waals surface area contributed by atoms with Gasteiger partial charge in [-0.15, -0.1) is 0 Å². The van der Waals surface area contributed by atoms with Crippen LogP contribution in [0.5, 0.6) is 0 Å². The van der Waals surface area contributed by atoms with Crippen LogP contribution in [0.15, 0.2) is 59.8 Å². The number of rotatable bonds is 10. The van der Waals surface area contributed by atoms with Crippen molar-refractivity contribution in [2.24, 2.45) is 5.11 Å². The van der Waals surface area contributed by atoms with E-state index in [1.54, 1.807) is 30.5 Å². The zero-order valence-electron chi connectivity index (χ0n) is 19.8. The van der Waals surface area contributed by atoms with Crippen LogP contribution in [0, 0.1) is 16.9 Å². The molecule has 4 rings (SSSR count). The molecule has 0 spiro atoms. The average molecular weight is 485 g/mol. The summed E-state index contributed by atoms with van der Waals surface area (Å²) in [6.07, 6.45) is 5.01. The van der Waals surface area contributed by atoms with Crippen molar-refractivity contribution in [3.8, 4) is 17.3 Å². The van der Waals surface area contributed by atoms with Crippen LogP contribution in [0.1, 0.15) is 48.3 Å². The third-order valence-electron chi connectivity index (χ3n) is 6.03. The van der Waals surface area contributed by atoms with Crippen molar-refractivity contribution in [2.75, 3.05) is 18.5 Å². The third-order valence-corrected chi connectivity index (χ3v) is 6.03. The fraction of sp³-hybridized carbons (Fsp3) is 0.308. The molecule has 1 saturated carbocycles. The topological polar surface area (TPSA) is 163 Å². The number of nitriles is 1. The number of nitrogens with zero attached hydrogens (tertiary/aromatic N) is 5. The monoisotopic (exact) mass is 484 g/mol. The highest BCUT2D eigenvalue weighted by atomic mass is 16.3. The predicted octanol–water partition coefficient (Wildman–Crippen LogP) is 3.70. The van der Waals surface area contributed by atoms with E-state index in [0.717, 1.165) is 31.4 Å². The second kappa shape index (κ2) is 11.5. The molecule has 36 heavy (non-hydrogen) atoms. The van der Waals surface area contributed by atoms with Crippen LogP contribution in [0.2, 0.25) is 0 Å². The van der Waals surface area contributed by atoms with E-state index in [9.17, 15) is 15.5 Å². The summed E-state index contributed by atoms with van der Waals surface area (Å²) in [7, 11) is 0. The smallest absolute Gasteiger partial charge is 0.223 e. The Morgan fingerprint density at radius 3 is 2.69 bits per heavy atom. The minimum atomic E-state index is -0.855. The minimum Gasteiger partial charge on any atom is -0.395 e. The lowest BCUT2D eigenvalue weighted by molar-refractivity contribution is 0.0397. The zero-order chi connectivity index (χ0) is 25.4. The number of aromatic nitrogens is 3. The van der Waals surface area contributed by atoms with Gasteiger partial charge in [0.05, 0.1) is 47.6 Å². The predicted molar refractivity (Wildman–Crippen MR) is 134 cm³/mol. The van der Waals surface area contributed by atoms with E-state index in [1.807, 2.05) is 24.3 Å². The SMILES string of the molecule is N#Cc1cccc(-c2cc(/C(=C/NCc3cccc(C4(O)CCCC4)n3)N=N)nc(NCCO)n2)c1. The Kier molecular flexibility index (Phi) is 7.95. The van der Waals surface area contributed by atoms with Gasteiger partial charge in [-0.05, 0) is 43.2 Å². The van der Waals surface area contributed by atoms with Gasteiger partial charge in [0.2, 0.25) is 5.95 Å². The molecule has 0 aliphatic heterocycles. The van der Waals surface area contributed by atoms with E-state index in [4.69, 9.17) is 5.53 Å². The van der Waals surface area contributed by atoms with Gasteiger partial charge in [-0.25, -0.2) is 15.5 Å². The standard InChI is InChI=1S/C26H28N8O2/c27-15-18-5-3-6-19(13-18)21-14-22(33-25(32-21)30-11-12-35)23(34-28)17-29-16-20-7-4-8-24(31-20)26(36)9-1-2-10-26/h3-8,13-14,17,28-29,35-36H,1-2,9-12,16H2,(H,30,32,33)/b23-17-,34-28?. The molecule has 0 radical (unpaired) electrons. The first-order chi connectivity index (χ1) is 17.5. The molecular formula is C26H28N8O2. The number of hydrogen-bond acceptors (Lipinski definition) is 10. The first-order valence-corrected chi connectivity index (χ1v) is 11.8. The maximum atomic E-state index is 10.8. The van der Waals surface area contributed by atoms with Gasteiger partial charge in [0, 0.05) is 18.3 Å². The maximum Gasteiger partial charge on any atom is 0.223 e. The summed E-state index contributed by atoms with van der Waals surface area (Å²) in [5.41, 5.74) is 10.7. The molecule has 1 aliphatic carbocycles. The van der Waals surface area contributed by atoms with Crippen molar-refractivity contribution in [3.05, 3.63) is 77.4 Å². The van der Waals surface area contributed by atoms with Gasteiger partial charge in [0.25, 0.3) is 0 Å². The van der Waals surface area contributed by atoms with Crippen molar-refractivity contribution in [1.29, 1.82) is 10.8 Å². The molecule has 0 amide bonds. The molecule has 3 aromatic rings. The average Bonchev–Trinajstić information content (AvgIpc) is 3.37. The highest BCUT2D eigenvalue weighted by Gasteiger charge is 2.34. The number of aliphatic hydroxyl groups excluding tert-OH is 1. The Morgan fingerprint density at radius 1 is 1.14 bits per heavy atom. The fourth-order valence-electron chi connectivity index (χ4n) is 4.19. The lowest BCUT2D eigenvalue weighted by atomic mass is 9.97. The lowest BCUT2D eigenvalue weighted by Gasteiger charge is -2.21. The van der Waals surface area contributed by atoms with Gasteiger partial charge in [-0.2, -0.15) is 10.4 Å². The van der Waals surface area contributed by atoms with E-state index in [0.29, 0.717) is 34.8 Å². The number of anilines is 1.